The molecule has 0 aliphatic rings. The van der Waals surface area contributed by atoms with E-state index in [1.54, 1.807) is 0 Å². The number of alkyl halides is 2. The number of aldehydes is 1. The molecule has 0 aromatic rings. The SMILES string of the molecule is O=C[C@@H](F)[C@H](OC(=O)CO)[C@@H](Br)COC(=O)CO. The quantitative estimate of drug-likeness (QED) is 0.324. The summed E-state index contributed by atoms with van der Waals surface area (Å²) < 4.78 is 22.2. The van der Waals surface area contributed by atoms with Gasteiger partial charge in [-0.3, -0.25) is 4.79 Å². The van der Waals surface area contributed by atoms with Crippen molar-refractivity contribution in [3.63, 3.8) is 0 Å². The van der Waals surface area contributed by atoms with Crippen LogP contribution in [-0.4, -0.2) is 65.4 Å². The van der Waals surface area contributed by atoms with Gasteiger partial charge in [-0.15, -0.1) is 0 Å². The Balaban J connectivity index is 4.49. The number of hydrogen-bond donors (Lipinski definition) is 2. The van der Waals surface area contributed by atoms with Crippen molar-refractivity contribution in [1.82, 2.24) is 0 Å². The first-order chi connectivity index (χ1) is 8.46. The molecule has 0 saturated carbocycles. The molecule has 9 heteroatoms. The van der Waals surface area contributed by atoms with E-state index in [1.807, 2.05) is 0 Å². The molecule has 0 aromatic carbocycles. The van der Waals surface area contributed by atoms with E-state index in [1.165, 1.54) is 0 Å². The highest BCUT2D eigenvalue weighted by atomic mass is 79.9. The van der Waals surface area contributed by atoms with Gasteiger partial charge in [-0.1, -0.05) is 15.9 Å². The zero-order chi connectivity index (χ0) is 14.1. The number of halogens is 2. The maximum absolute atomic E-state index is 13.2. The van der Waals surface area contributed by atoms with Gasteiger partial charge in [0.25, 0.3) is 0 Å². The molecule has 0 aliphatic heterocycles. The van der Waals surface area contributed by atoms with Gasteiger partial charge in [0.05, 0.1) is 4.83 Å². The van der Waals surface area contributed by atoms with Crippen LogP contribution in [0.2, 0.25) is 0 Å². The summed E-state index contributed by atoms with van der Waals surface area (Å²) in [7, 11) is 0. The Morgan fingerprint density at radius 1 is 1.28 bits per heavy atom. The number of aliphatic hydroxyl groups excluding tert-OH is 2. The second-order valence-electron chi connectivity index (χ2n) is 3.05. The number of esters is 2. The fourth-order valence-corrected chi connectivity index (χ4v) is 1.45. The number of carbonyl (C=O) groups is 3. The molecular weight excluding hydrogens is 319 g/mol. The molecular formula is C9H12BrFO7. The Labute approximate surface area is 110 Å². The van der Waals surface area contributed by atoms with Gasteiger partial charge < -0.3 is 19.7 Å². The summed E-state index contributed by atoms with van der Waals surface area (Å²) in [5, 5.41) is 16.8. The topological polar surface area (TPSA) is 110 Å². The second kappa shape index (κ2) is 8.95. The molecule has 18 heavy (non-hydrogen) atoms. The lowest BCUT2D eigenvalue weighted by atomic mass is 10.2. The van der Waals surface area contributed by atoms with E-state index in [2.05, 4.69) is 25.4 Å². The van der Waals surface area contributed by atoms with Crippen LogP contribution in [-0.2, 0) is 23.9 Å². The number of aliphatic hydroxyl groups is 2. The molecule has 0 aromatic heterocycles. The average Bonchev–Trinajstić information content (AvgIpc) is 2.40. The number of rotatable bonds is 8. The smallest absolute Gasteiger partial charge is 0.332 e. The molecule has 0 rings (SSSR count). The van der Waals surface area contributed by atoms with Crippen LogP contribution in [0.15, 0.2) is 0 Å². The molecule has 7 nitrogen and oxygen atoms in total. The Morgan fingerprint density at radius 3 is 2.28 bits per heavy atom. The predicted molar refractivity (Wildman–Crippen MR) is 58.7 cm³/mol. The van der Waals surface area contributed by atoms with Gasteiger partial charge in [-0.2, -0.15) is 0 Å². The normalized spacial score (nSPS) is 15.3. The number of carbonyl (C=O) groups excluding carboxylic acids is 3. The first-order valence-electron chi connectivity index (χ1n) is 4.76. The largest absolute Gasteiger partial charge is 0.463 e. The van der Waals surface area contributed by atoms with E-state index in [-0.39, 0.29) is 6.29 Å². The van der Waals surface area contributed by atoms with Gasteiger partial charge in [-0.05, 0) is 0 Å². The minimum atomic E-state index is -2.14. The van der Waals surface area contributed by atoms with Crippen molar-refractivity contribution in [3.05, 3.63) is 0 Å². The monoisotopic (exact) mass is 330 g/mol. The predicted octanol–water partition coefficient (Wildman–Crippen LogP) is -1.27. The van der Waals surface area contributed by atoms with Crippen LogP contribution in [0, 0.1) is 0 Å². The average molecular weight is 331 g/mol. The lowest BCUT2D eigenvalue weighted by molar-refractivity contribution is -0.157. The van der Waals surface area contributed by atoms with Gasteiger partial charge in [-0.25, -0.2) is 14.0 Å². The fourth-order valence-electron chi connectivity index (χ4n) is 0.918. The van der Waals surface area contributed by atoms with Crippen LogP contribution in [0.25, 0.3) is 0 Å². The molecule has 3 atom stereocenters. The van der Waals surface area contributed by atoms with Gasteiger partial charge >= 0.3 is 11.9 Å². The van der Waals surface area contributed by atoms with Crippen LogP contribution in [0.3, 0.4) is 0 Å². The van der Waals surface area contributed by atoms with E-state index in [0.29, 0.717) is 0 Å². The van der Waals surface area contributed by atoms with Crippen LogP contribution in [0.5, 0.6) is 0 Å². The maximum atomic E-state index is 13.2. The van der Waals surface area contributed by atoms with Gasteiger partial charge in [0, 0.05) is 0 Å². The molecule has 0 unspecified atom stereocenters. The van der Waals surface area contributed by atoms with Crippen LogP contribution in [0.4, 0.5) is 4.39 Å². The maximum Gasteiger partial charge on any atom is 0.332 e. The molecule has 104 valence electrons. The molecule has 0 heterocycles. The summed E-state index contributed by atoms with van der Waals surface area (Å²) >= 11 is 2.88. The Morgan fingerprint density at radius 2 is 1.83 bits per heavy atom. The molecule has 0 radical (unpaired) electrons. The zero-order valence-corrected chi connectivity index (χ0v) is 10.7. The fraction of sp³-hybridized carbons (Fsp3) is 0.667. The van der Waals surface area contributed by atoms with Gasteiger partial charge in [0.2, 0.25) is 0 Å². The molecule has 0 fully saturated rings. The highest BCUT2D eigenvalue weighted by molar-refractivity contribution is 9.09. The third kappa shape index (κ3) is 6.03. The van der Waals surface area contributed by atoms with E-state index >= 15 is 0 Å². The van der Waals surface area contributed by atoms with E-state index in [4.69, 9.17) is 10.2 Å². The second-order valence-corrected chi connectivity index (χ2v) is 4.23. The first-order valence-corrected chi connectivity index (χ1v) is 5.68. The minimum Gasteiger partial charge on any atom is -0.463 e. The Hall–Kier alpha value is -1.06. The van der Waals surface area contributed by atoms with Crippen LogP contribution >= 0.6 is 15.9 Å². The molecule has 0 amide bonds. The van der Waals surface area contributed by atoms with E-state index in [9.17, 15) is 18.8 Å². The van der Waals surface area contributed by atoms with Crippen molar-refractivity contribution < 1.29 is 38.5 Å². The Kier molecular flexibility index (Phi) is 8.42. The lowest BCUT2D eigenvalue weighted by Gasteiger charge is -2.22. The highest BCUT2D eigenvalue weighted by Crippen LogP contribution is 2.16. The third-order valence-electron chi connectivity index (χ3n) is 1.73. The van der Waals surface area contributed by atoms with Crippen molar-refractivity contribution in [3.8, 4) is 0 Å². The van der Waals surface area contributed by atoms with Crippen molar-refractivity contribution in [1.29, 1.82) is 0 Å². The van der Waals surface area contributed by atoms with Crippen LogP contribution in [0.1, 0.15) is 0 Å². The molecule has 2 N–H and O–H groups in total. The first kappa shape index (κ1) is 16.9. The van der Waals surface area contributed by atoms with Crippen LogP contribution < -0.4 is 0 Å². The summed E-state index contributed by atoms with van der Waals surface area (Å²) in [4.78, 5) is 30.8. The number of ether oxygens (including phenoxy) is 2. The van der Waals surface area contributed by atoms with Gasteiger partial charge in [0.1, 0.15) is 19.8 Å². The molecule has 0 bridgehead atoms. The summed E-state index contributed by atoms with van der Waals surface area (Å²) in [6, 6.07) is 0. The summed E-state index contributed by atoms with van der Waals surface area (Å²) in [5.41, 5.74) is 0. The third-order valence-corrected chi connectivity index (χ3v) is 2.51. The van der Waals surface area contributed by atoms with E-state index < -0.39 is 48.9 Å². The zero-order valence-electron chi connectivity index (χ0n) is 9.12. The van der Waals surface area contributed by atoms with Crippen molar-refractivity contribution in [2.75, 3.05) is 19.8 Å². The summed E-state index contributed by atoms with van der Waals surface area (Å²) in [5.74, 6) is -2.07. The standard InChI is InChI=1S/C9H12BrFO7/c10-5(4-17-7(15)2-13)9(6(11)1-12)18-8(16)3-14/h1,5-6,9,13-14H,2-4H2/t5-,6+,9+/m0/s1. The van der Waals surface area contributed by atoms with E-state index in [0.717, 1.165) is 0 Å². The molecule has 0 saturated heterocycles. The molecule has 0 spiro atoms. The highest BCUT2D eigenvalue weighted by Gasteiger charge is 2.32. The van der Waals surface area contributed by atoms with Crippen molar-refractivity contribution in [2.45, 2.75) is 17.1 Å². The number of hydrogen-bond acceptors (Lipinski definition) is 7. The van der Waals surface area contributed by atoms with Crippen molar-refractivity contribution >= 4 is 34.2 Å². The summed E-state index contributed by atoms with van der Waals surface area (Å²) in [6.45, 7) is -2.25. The molecule has 0 aliphatic carbocycles. The Bertz CT molecular complexity index is 299. The summed E-state index contributed by atoms with van der Waals surface area (Å²) in [6.07, 6.45) is -3.77. The van der Waals surface area contributed by atoms with Crippen molar-refractivity contribution in [2.24, 2.45) is 0 Å². The van der Waals surface area contributed by atoms with Gasteiger partial charge in [0.15, 0.2) is 18.6 Å². The minimum absolute atomic E-state index is 0.0859. The lowest BCUT2D eigenvalue weighted by Crippen LogP contribution is -2.40.